The van der Waals surface area contributed by atoms with Crippen molar-refractivity contribution in [2.24, 2.45) is 16.7 Å². The molecule has 3 atom stereocenters. The van der Waals surface area contributed by atoms with Crippen molar-refractivity contribution < 1.29 is 14.7 Å². The molecule has 2 aliphatic rings. The van der Waals surface area contributed by atoms with Gasteiger partial charge in [0.2, 0.25) is 5.91 Å². The lowest BCUT2D eigenvalue weighted by Gasteiger charge is -2.39. The van der Waals surface area contributed by atoms with E-state index in [4.69, 9.17) is 5.11 Å². The third-order valence-electron chi connectivity index (χ3n) is 5.70. The highest BCUT2D eigenvalue weighted by molar-refractivity contribution is 5.80. The molecule has 2 fully saturated rings. The number of aliphatic carboxylic acids is 1. The molecule has 0 heterocycles. The Morgan fingerprint density at radius 3 is 2.39 bits per heavy atom. The molecule has 2 rings (SSSR count). The van der Waals surface area contributed by atoms with Crippen molar-refractivity contribution >= 4 is 11.9 Å². The Balaban J connectivity index is 1.96. The van der Waals surface area contributed by atoms with Crippen LogP contribution in [-0.4, -0.2) is 23.0 Å². The SMILES string of the molecule is CC1(C)[C@H]2CC[C@@]1(C)[C@@H](NC(=O)CCC(=O)O)C2. The van der Waals surface area contributed by atoms with Crippen LogP contribution >= 0.6 is 0 Å². The highest BCUT2D eigenvalue weighted by Gasteiger charge is 2.61. The Labute approximate surface area is 108 Å². The monoisotopic (exact) mass is 253 g/mol. The number of carbonyl (C=O) groups is 2. The van der Waals surface area contributed by atoms with Crippen LogP contribution in [0.15, 0.2) is 0 Å². The van der Waals surface area contributed by atoms with E-state index in [2.05, 4.69) is 26.1 Å². The van der Waals surface area contributed by atoms with Gasteiger partial charge in [0.25, 0.3) is 0 Å². The summed E-state index contributed by atoms with van der Waals surface area (Å²) in [7, 11) is 0. The first-order chi connectivity index (χ1) is 8.27. The van der Waals surface area contributed by atoms with E-state index in [0.717, 1.165) is 12.8 Å². The smallest absolute Gasteiger partial charge is 0.303 e. The predicted molar refractivity (Wildman–Crippen MR) is 68.0 cm³/mol. The maximum Gasteiger partial charge on any atom is 0.303 e. The van der Waals surface area contributed by atoms with Gasteiger partial charge in [-0.2, -0.15) is 0 Å². The van der Waals surface area contributed by atoms with Gasteiger partial charge in [0, 0.05) is 12.5 Å². The average Bonchev–Trinajstić information content (AvgIpc) is 2.59. The summed E-state index contributed by atoms with van der Waals surface area (Å²) in [6, 6.07) is 0.215. The fraction of sp³-hybridized carbons (Fsp3) is 0.857. The molecule has 1 amide bonds. The molecule has 4 nitrogen and oxygen atoms in total. The second-order valence-electron chi connectivity index (χ2n) is 6.62. The van der Waals surface area contributed by atoms with Gasteiger partial charge < -0.3 is 10.4 Å². The molecular formula is C14H23NO3. The molecule has 2 bridgehead atoms. The van der Waals surface area contributed by atoms with Gasteiger partial charge in [-0.25, -0.2) is 0 Å². The lowest BCUT2D eigenvalue weighted by atomic mass is 9.69. The standard InChI is InChI=1S/C14H23NO3/c1-13(2)9-6-7-14(13,3)10(8-9)15-11(16)4-5-12(17)18/h9-10H,4-8H2,1-3H3,(H,15,16)(H,17,18)/t9-,10-,14-/m0/s1. The number of carboxylic acid groups (broad SMARTS) is 1. The van der Waals surface area contributed by atoms with E-state index in [-0.39, 0.29) is 35.6 Å². The van der Waals surface area contributed by atoms with Crippen LogP contribution in [0.2, 0.25) is 0 Å². The minimum atomic E-state index is -0.912. The normalized spacial score (nSPS) is 36.6. The Hall–Kier alpha value is -1.06. The van der Waals surface area contributed by atoms with Crippen LogP contribution < -0.4 is 5.32 Å². The van der Waals surface area contributed by atoms with Crippen molar-refractivity contribution in [1.82, 2.24) is 5.32 Å². The van der Waals surface area contributed by atoms with E-state index >= 15 is 0 Å². The fourth-order valence-electron chi connectivity index (χ4n) is 3.91. The maximum absolute atomic E-state index is 11.8. The average molecular weight is 253 g/mol. The number of nitrogens with one attached hydrogen (secondary N) is 1. The Kier molecular flexibility index (Phi) is 3.16. The first-order valence-electron chi connectivity index (χ1n) is 6.78. The van der Waals surface area contributed by atoms with Gasteiger partial charge in [0.05, 0.1) is 6.42 Å². The summed E-state index contributed by atoms with van der Waals surface area (Å²) in [4.78, 5) is 22.2. The van der Waals surface area contributed by atoms with Crippen LogP contribution in [0.1, 0.15) is 52.9 Å². The fourth-order valence-corrected chi connectivity index (χ4v) is 3.91. The molecule has 0 spiro atoms. The van der Waals surface area contributed by atoms with Crippen LogP contribution in [0, 0.1) is 16.7 Å². The molecule has 0 saturated heterocycles. The second-order valence-corrected chi connectivity index (χ2v) is 6.62. The third-order valence-corrected chi connectivity index (χ3v) is 5.70. The molecule has 102 valence electrons. The molecule has 0 aromatic rings. The summed E-state index contributed by atoms with van der Waals surface area (Å²) >= 11 is 0. The highest BCUT2D eigenvalue weighted by atomic mass is 16.4. The van der Waals surface area contributed by atoms with Crippen molar-refractivity contribution in [2.75, 3.05) is 0 Å². The molecule has 18 heavy (non-hydrogen) atoms. The van der Waals surface area contributed by atoms with Crippen LogP contribution in [0.25, 0.3) is 0 Å². The zero-order valence-electron chi connectivity index (χ0n) is 11.5. The van der Waals surface area contributed by atoms with Gasteiger partial charge in [-0.3, -0.25) is 9.59 Å². The minimum absolute atomic E-state index is 0.0813. The number of rotatable bonds is 4. The zero-order valence-corrected chi connectivity index (χ0v) is 11.5. The number of amides is 1. The van der Waals surface area contributed by atoms with Gasteiger partial charge in [-0.15, -0.1) is 0 Å². The second kappa shape index (κ2) is 4.25. The largest absolute Gasteiger partial charge is 0.481 e. The molecule has 0 aromatic carbocycles. The number of hydrogen-bond acceptors (Lipinski definition) is 2. The minimum Gasteiger partial charge on any atom is -0.481 e. The maximum atomic E-state index is 11.8. The van der Waals surface area contributed by atoms with Crippen LogP contribution in [0.5, 0.6) is 0 Å². The summed E-state index contributed by atoms with van der Waals surface area (Å²) in [5.74, 6) is -0.344. The van der Waals surface area contributed by atoms with E-state index in [1.54, 1.807) is 0 Å². The summed E-state index contributed by atoms with van der Waals surface area (Å²) in [6.07, 6.45) is 3.47. The summed E-state index contributed by atoms with van der Waals surface area (Å²) in [5, 5.41) is 11.6. The number of hydrogen-bond donors (Lipinski definition) is 2. The van der Waals surface area contributed by atoms with Crippen molar-refractivity contribution in [2.45, 2.75) is 58.9 Å². The van der Waals surface area contributed by atoms with Crippen LogP contribution in [-0.2, 0) is 9.59 Å². The van der Waals surface area contributed by atoms with Gasteiger partial charge in [-0.1, -0.05) is 20.8 Å². The van der Waals surface area contributed by atoms with E-state index < -0.39 is 5.97 Å². The van der Waals surface area contributed by atoms with Gasteiger partial charge in [-0.05, 0) is 36.0 Å². The molecular weight excluding hydrogens is 230 g/mol. The summed E-state index contributed by atoms with van der Waals surface area (Å²) in [5.41, 5.74) is 0.439. The highest BCUT2D eigenvalue weighted by Crippen LogP contribution is 2.65. The lowest BCUT2D eigenvalue weighted by Crippen LogP contribution is -2.46. The third kappa shape index (κ3) is 1.91. The Bertz CT molecular complexity index is 377. The Morgan fingerprint density at radius 2 is 1.94 bits per heavy atom. The lowest BCUT2D eigenvalue weighted by molar-refractivity contribution is -0.139. The van der Waals surface area contributed by atoms with Gasteiger partial charge >= 0.3 is 5.97 Å². The molecule has 0 unspecified atom stereocenters. The van der Waals surface area contributed by atoms with E-state index in [9.17, 15) is 9.59 Å². The van der Waals surface area contributed by atoms with Crippen LogP contribution in [0.4, 0.5) is 0 Å². The first kappa shape index (κ1) is 13.4. The summed E-state index contributed by atoms with van der Waals surface area (Å²) in [6.45, 7) is 6.87. The van der Waals surface area contributed by atoms with Gasteiger partial charge in [0.15, 0.2) is 0 Å². The molecule has 0 aromatic heterocycles. The molecule has 0 radical (unpaired) electrons. The van der Waals surface area contributed by atoms with Crippen molar-refractivity contribution in [1.29, 1.82) is 0 Å². The quantitative estimate of drug-likeness (QED) is 0.807. The predicted octanol–water partition coefficient (Wildman–Crippen LogP) is 2.18. The molecule has 4 heteroatoms. The van der Waals surface area contributed by atoms with E-state index in [1.165, 1.54) is 6.42 Å². The molecule has 2 aliphatic carbocycles. The number of carboxylic acids is 1. The number of carbonyl (C=O) groups excluding carboxylic acids is 1. The molecule has 2 N–H and O–H groups in total. The number of fused-ring (bicyclic) bond motifs is 2. The summed E-state index contributed by atoms with van der Waals surface area (Å²) < 4.78 is 0. The van der Waals surface area contributed by atoms with Crippen molar-refractivity contribution in [3.05, 3.63) is 0 Å². The van der Waals surface area contributed by atoms with E-state index in [0.29, 0.717) is 5.92 Å². The topological polar surface area (TPSA) is 66.4 Å². The van der Waals surface area contributed by atoms with Crippen molar-refractivity contribution in [3.8, 4) is 0 Å². The van der Waals surface area contributed by atoms with Crippen molar-refractivity contribution in [3.63, 3.8) is 0 Å². The van der Waals surface area contributed by atoms with Crippen LogP contribution in [0.3, 0.4) is 0 Å². The molecule has 2 saturated carbocycles. The first-order valence-corrected chi connectivity index (χ1v) is 6.78. The van der Waals surface area contributed by atoms with Gasteiger partial charge in [0.1, 0.15) is 0 Å². The Morgan fingerprint density at radius 1 is 1.28 bits per heavy atom. The van der Waals surface area contributed by atoms with E-state index in [1.807, 2.05) is 0 Å². The zero-order chi connectivity index (χ0) is 13.6. The molecule has 0 aliphatic heterocycles.